The molecular formula is C22H23FN4O2. The van der Waals surface area contributed by atoms with Gasteiger partial charge in [-0.3, -0.25) is 9.48 Å². The van der Waals surface area contributed by atoms with Crippen molar-refractivity contribution in [3.05, 3.63) is 66.7 Å². The van der Waals surface area contributed by atoms with Gasteiger partial charge in [0.2, 0.25) is 5.91 Å². The van der Waals surface area contributed by atoms with Crippen LogP contribution < -0.4 is 10.2 Å². The van der Waals surface area contributed by atoms with E-state index in [1.807, 2.05) is 24.3 Å². The third-order valence-electron chi connectivity index (χ3n) is 5.11. The standard InChI is InChI=1S/C22H23FN4O2/c1-29-21-10-11-26(14-21)20-8-6-19(7-9-20)25-22(28)15-27-13-17(12-24-27)16-2-4-18(23)5-3-16/h2-9,12-13,21H,10-11,14-15H2,1H3,(H,25,28). The van der Waals surface area contributed by atoms with E-state index >= 15 is 0 Å². The molecular weight excluding hydrogens is 371 g/mol. The molecule has 0 saturated carbocycles. The number of benzene rings is 2. The number of nitrogens with one attached hydrogen (secondary N) is 1. The van der Waals surface area contributed by atoms with Crippen LogP contribution in [0.5, 0.6) is 0 Å². The van der Waals surface area contributed by atoms with Crippen molar-refractivity contribution in [3.8, 4) is 11.1 Å². The van der Waals surface area contributed by atoms with Crippen LogP contribution in [0.3, 0.4) is 0 Å². The van der Waals surface area contributed by atoms with E-state index in [-0.39, 0.29) is 24.4 Å². The molecule has 2 aromatic carbocycles. The normalized spacial score (nSPS) is 16.2. The van der Waals surface area contributed by atoms with Gasteiger partial charge < -0.3 is 15.0 Å². The zero-order valence-electron chi connectivity index (χ0n) is 16.2. The van der Waals surface area contributed by atoms with Crippen LogP contribution in [-0.2, 0) is 16.1 Å². The fraction of sp³-hybridized carbons (Fsp3) is 0.273. The Balaban J connectivity index is 1.33. The van der Waals surface area contributed by atoms with Gasteiger partial charge in [-0.1, -0.05) is 12.1 Å². The van der Waals surface area contributed by atoms with Crippen LogP contribution >= 0.6 is 0 Å². The van der Waals surface area contributed by atoms with Crippen LogP contribution in [0, 0.1) is 5.82 Å². The van der Waals surface area contributed by atoms with E-state index in [2.05, 4.69) is 15.3 Å². The van der Waals surface area contributed by atoms with Crippen molar-refractivity contribution in [1.29, 1.82) is 0 Å². The topological polar surface area (TPSA) is 59.4 Å². The van der Waals surface area contributed by atoms with Gasteiger partial charge in [0.05, 0.1) is 12.3 Å². The maximum Gasteiger partial charge on any atom is 0.246 e. The molecule has 6 nitrogen and oxygen atoms in total. The molecule has 0 spiro atoms. The van der Waals surface area contributed by atoms with E-state index in [9.17, 15) is 9.18 Å². The van der Waals surface area contributed by atoms with Crippen LogP contribution in [-0.4, -0.2) is 42.0 Å². The van der Waals surface area contributed by atoms with E-state index in [1.165, 1.54) is 12.1 Å². The molecule has 1 aliphatic heterocycles. The summed E-state index contributed by atoms with van der Waals surface area (Å²) in [5, 5.41) is 7.11. The van der Waals surface area contributed by atoms with Crippen molar-refractivity contribution >= 4 is 17.3 Å². The smallest absolute Gasteiger partial charge is 0.246 e. The molecule has 0 aliphatic carbocycles. The van der Waals surface area contributed by atoms with Crippen LogP contribution in [0.1, 0.15) is 6.42 Å². The average molecular weight is 394 g/mol. The van der Waals surface area contributed by atoms with E-state index in [0.717, 1.165) is 42.0 Å². The first-order valence-corrected chi connectivity index (χ1v) is 9.57. The molecule has 0 radical (unpaired) electrons. The van der Waals surface area contributed by atoms with Crippen molar-refractivity contribution in [2.75, 3.05) is 30.4 Å². The number of amides is 1. The Bertz CT molecular complexity index is 969. The number of hydrogen-bond donors (Lipinski definition) is 1. The fourth-order valence-electron chi connectivity index (χ4n) is 3.50. The molecule has 1 fully saturated rings. The van der Waals surface area contributed by atoms with Gasteiger partial charge in [-0.05, 0) is 48.4 Å². The molecule has 1 aromatic heterocycles. The number of rotatable bonds is 6. The minimum atomic E-state index is -0.283. The van der Waals surface area contributed by atoms with Gasteiger partial charge in [-0.2, -0.15) is 5.10 Å². The number of carbonyl (C=O) groups is 1. The predicted octanol–water partition coefficient (Wildman–Crippen LogP) is 3.55. The Labute approximate surface area is 168 Å². The highest BCUT2D eigenvalue weighted by Gasteiger charge is 2.22. The van der Waals surface area contributed by atoms with Crippen molar-refractivity contribution in [2.24, 2.45) is 0 Å². The van der Waals surface area contributed by atoms with E-state index in [4.69, 9.17) is 4.74 Å². The second kappa shape index (κ2) is 8.45. The fourth-order valence-corrected chi connectivity index (χ4v) is 3.50. The molecule has 29 heavy (non-hydrogen) atoms. The SMILES string of the molecule is COC1CCN(c2ccc(NC(=O)Cn3cc(-c4ccc(F)cc4)cn3)cc2)C1. The molecule has 1 atom stereocenters. The predicted molar refractivity (Wildman–Crippen MR) is 110 cm³/mol. The summed E-state index contributed by atoms with van der Waals surface area (Å²) in [5.41, 5.74) is 3.55. The highest BCUT2D eigenvalue weighted by molar-refractivity contribution is 5.90. The van der Waals surface area contributed by atoms with Crippen LogP contribution in [0.4, 0.5) is 15.8 Å². The lowest BCUT2D eigenvalue weighted by Crippen LogP contribution is -2.22. The van der Waals surface area contributed by atoms with E-state index in [0.29, 0.717) is 0 Å². The molecule has 7 heteroatoms. The second-order valence-electron chi connectivity index (χ2n) is 7.12. The number of aromatic nitrogens is 2. The summed E-state index contributed by atoms with van der Waals surface area (Å²) in [4.78, 5) is 14.6. The number of hydrogen-bond acceptors (Lipinski definition) is 4. The average Bonchev–Trinajstić information content (AvgIpc) is 3.39. The summed E-state index contributed by atoms with van der Waals surface area (Å²) in [7, 11) is 1.75. The quantitative estimate of drug-likeness (QED) is 0.695. The Morgan fingerprint density at radius 2 is 1.93 bits per heavy atom. The highest BCUT2D eigenvalue weighted by Crippen LogP contribution is 2.23. The number of nitrogens with zero attached hydrogens (tertiary/aromatic N) is 3. The first-order chi connectivity index (χ1) is 14.1. The van der Waals surface area contributed by atoms with Crippen LogP contribution in [0.25, 0.3) is 11.1 Å². The first-order valence-electron chi connectivity index (χ1n) is 9.57. The summed E-state index contributed by atoms with van der Waals surface area (Å²) in [6.45, 7) is 1.96. The van der Waals surface area contributed by atoms with Crippen molar-refractivity contribution in [2.45, 2.75) is 19.1 Å². The van der Waals surface area contributed by atoms with Crippen molar-refractivity contribution in [1.82, 2.24) is 9.78 Å². The summed E-state index contributed by atoms with van der Waals surface area (Å²) >= 11 is 0. The molecule has 4 rings (SSSR count). The molecule has 1 amide bonds. The zero-order valence-corrected chi connectivity index (χ0v) is 16.2. The van der Waals surface area contributed by atoms with Gasteiger partial charge in [0.25, 0.3) is 0 Å². The van der Waals surface area contributed by atoms with E-state index in [1.54, 1.807) is 36.3 Å². The van der Waals surface area contributed by atoms with Gasteiger partial charge in [-0.15, -0.1) is 0 Å². The molecule has 1 unspecified atom stereocenters. The lowest BCUT2D eigenvalue weighted by Gasteiger charge is -2.18. The van der Waals surface area contributed by atoms with Gasteiger partial charge in [0.1, 0.15) is 12.4 Å². The number of halogens is 1. The minimum absolute atomic E-state index is 0.102. The number of carbonyl (C=O) groups excluding carboxylic acids is 1. The molecule has 0 bridgehead atoms. The Morgan fingerprint density at radius 1 is 1.17 bits per heavy atom. The largest absolute Gasteiger partial charge is 0.380 e. The Hall–Kier alpha value is -3.19. The summed E-state index contributed by atoms with van der Waals surface area (Å²) < 4.78 is 20.0. The Kier molecular flexibility index (Phi) is 5.57. The zero-order chi connectivity index (χ0) is 20.2. The van der Waals surface area contributed by atoms with Crippen molar-refractivity contribution < 1.29 is 13.9 Å². The number of anilines is 2. The maximum absolute atomic E-state index is 13.1. The molecule has 1 N–H and O–H groups in total. The van der Waals surface area contributed by atoms with Gasteiger partial charge in [0.15, 0.2) is 0 Å². The second-order valence-corrected chi connectivity index (χ2v) is 7.12. The van der Waals surface area contributed by atoms with Crippen molar-refractivity contribution in [3.63, 3.8) is 0 Å². The third kappa shape index (κ3) is 4.63. The van der Waals surface area contributed by atoms with Gasteiger partial charge >= 0.3 is 0 Å². The number of methoxy groups -OCH3 is 1. The lowest BCUT2D eigenvalue weighted by molar-refractivity contribution is -0.116. The van der Waals surface area contributed by atoms with Crippen LogP contribution in [0.2, 0.25) is 0 Å². The minimum Gasteiger partial charge on any atom is -0.380 e. The molecule has 1 aliphatic rings. The number of ether oxygens (including phenoxy) is 1. The molecule has 2 heterocycles. The lowest BCUT2D eigenvalue weighted by atomic mass is 10.1. The summed E-state index contributed by atoms with van der Waals surface area (Å²) in [5.74, 6) is -0.443. The first kappa shape index (κ1) is 19.1. The maximum atomic E-state index is 13.1. The molecule has 150 valence electrons. The molecule has 1 saturated heterocycles. The van der Waals surface area contributed by atoms with Gasteiger partial charge in [0, 0.05) is 43.3 Å². The van der Waals surface area contributed by atoms with Crippen LogP contribution in [0.15, 0.2) is 60.9 Å². The van der Waals surface area contributed by atoms with E-state index < -0.39 is 0 Å². The monoisotopic (exact) mass is 394 g/mol. The highest BCUT2D eigenvalue weighted by atomic mass is 19.1. The summed E-state index contributed by atoms with van der Waals surface area (Å²) in [6.07, 6.45) is 4.75. The third-order valence-corrected chi connectivity index (χ3v) is 5.11. The summed E-state index contributed by atoms with van der Waals surface area (Å²) in [6, 6.07) is 14.0. The van der Waals surface area contributed by atoms with Gasteiger partial charge in [-0.25, -0.2) is 4.39 Å². The Morgan fingerprint density at radius 3 is 2.62 bits per heavy atom. The molecule has 3 aromatic rings.